The van der Waals surface area contributed by atoms with Gasteiger partial charge >= 0.3 is 7.12 Å². The number of likely N-dealkylation sites (N-methyl/N-ethyl adjacent to an activating group) is 1. The average Bonchev–Trinajstić information content (AvgIpc) is 2.28. The van der Waals surface area contributed by atoms with Gasteiger partial charge in [-0.1, -0.05) is 12.1 Å². The van der Waals surface area contributed by atoms with Crippen molar-refractivity contribution in [3.8, 4) is 5.75 Å². The Hall–Kier alpha value is -1.18. The second kappa shape index (κ2) is 7.30. The molecule has 0 bridgehead atoms. The standard InChI is InChI=1S/C11H16BF2NO3/c1-15(8-11(13)14)6-7-18-10-4-2-9(3-5-10)12(16)17/h2-5,11,16-17H,6-8H2,1H3. The highest BCUT2D eigenvalue weighted by Gasteiger charge is 2.10. The predicted molar refractivity (Wildman–Crippen MR) is 65.3 cm³/mol. The molecule has 0 fully saturated rings. The van der Waals surface area contributed by atoms with Crippen molar-refractivity contribution in [2.45, 2.75) is 6.43 Å². The maximum atomic E-state index is 12.0. The molecule has 0 saturated carbocycles. The fraction of sp³-hybridized carbons (Fsp3) is 0.455. The summed E-state index contributed by atoms with van der Waals surface area (Å²) in [5.74, 6) is 0.560. The van der Waals surface area contributed by atoms with Crippen LogP contribution in [0.25, 0.3) is 0 Å². The molecule has 1 aromatic rings. The van der Waals surface area contributed by atoms with Crippen LogP contribution in [0.4, 0.5) is 8.78 Å². The summed E-state index contributed by atoms with van der Waals surface area (Å²) in [4.78, 5) is 1.48. The topological polar surface area (TPSA) is 52.9 Å². The first-order valence-corrected chi connectivity index (χ1v) is 5.54. The molecule has 100 valence electrons. The largest absolute Gasteiger partial charge is 0.492 e. The van der Waals surface area contributed by atoms with Crippen LogP contribution in [0.2, 0.25) is 0 Å². The number of nitrogens with zero attached hydrogens (tertiary/aromatic N) is 1. The molecular formula is C11H16BF2NO3. The van der Waals surface area contributed by atoms with E-state index in [1.807, 2.05) is 0 Å². The van der Waals surface area contributed by atoms with Crippen LogP contribution < -0.4 is 10.2 Å². The Kier molecular flexibility index (Phi) is 6.04. The minimum Gasteiger partial charge on any atom is -0.492 e. The maximum Gasteiger partial charge on any atom is 0.488 e. The van der Waals surface area contributed by atoms with E-state index in [2.05, 4.69) is 0 Å². The predicted octanol–water partition coefficient (Wildman–Crippen LogP) is -0.0579. The van der Waals surface area contributed by atoms with Gasteiger partial charge in [-0.05, 0) is 24.6 Å². The summed E-state index contributed by atoms with van der Waals surface area (Å²) in [7, 11) is 0.0945. The Morgan fingerprint density at radius 3 is 2.39 bits per heavy atom. The molecule has 0 radical (unpaired) electrons. The summed E-state index contributed by atoms with van der Waals surface area (Å²) >= 11 is 0. The van der Waals surface area contributed by atoms with Crippen molar-refractivity contribution in [1.82, 2.24) is 4.90 Å². The molecule has 0 unspecified atom stereocenters. The summed E-state index contributed by atoms with van der Waals surface area (Å²) in [6, 6.07) is 6.26. The minimum absolute atomic E-state index is 0.279. The molecule has 18 heavy (non-hydrogen) atoms. The molecule has 1 rings (SSSR count). The SMILES string of the molecule is CN(CCOc1ccc(B(O)O)cc1)CC(F)F. The third kappa shape index (κ3) is 5.44. The summed E-state index contributed by atoms with van der Waals surface area (Å²) < 4.78 is 29.4. The van der Waals surface area contributed by atoms with Crippen molar-refractivity contribution in [3.63, 3.8) is 0 Å². The monoisotopic (exact) mass is 259 g/mol. The third-order valence-corrected chi connectivity index (χ3v) is 2.37. The lowest BCUT2D eigenvalue weighted by molar-refractivity contribution is 0.0935. The van der Waals surface area contributed by atoms with Crippen molar-refractivity contribution in [3.05, 3.63) is 24.3 Å². The van der Waals surface area contributed by atoms with E-state index in [0.29, 0.717) is 24.4 Å². The van der Waals surface area contributed by atoms with Crippen LogP contribution >= 0.6 is 0 Å². The molecule has 0 aromatic heterocycles. The first kappa shape index (κ1) is 14.9. The van der Waals surface area contributed by atoms with Crippen LogP contribution in [0.3, 0.4) is 0 Å². The zero-order chi connectivity index (χ0) is 13.5. The van der Waals surface area contributed by atoms with Gasteiger partial charge in [-0.15, -0.1) is 0 Å². The number of halogens is 2. The zero-order valence-electron chi connectivity index (χ0n) is 10.1. The first-order chi connectivity index (χ1) is 8.49. The van der Waals surface area contributed by atoms with Gasteiger partial charge in [0.05, 0.1) is 6.54 Å². The van der Waals surface area contributed by atoms with Gasteiger partial charge in [-0.2, -0.15) is 0 Å². The van der Waals surface area contributed by atoms with Crippen LogP contribution in [0.15, 0.2) is 24.3 Å². The summed E-state index contributed by atoms with van der Waals surface area (Å²) in [5, 5.41) is 17.8. The molecule has 0 atom stereocenters. The van der Waals surface area contributed by atoms with Crippen molar-refractivity contribution >= 4 is 12.6 Å². The summed E-state index contributed by atoms with van der Waals surface area (Å²) in [5.41, 5.74) is 0.372. The number of alkyl halides is 2. The van der Waals surface area contributed by atoms with Gasteiger partial charge in [0.1, 0.15) is 12.4 Å². The lowest BCUT2D eigenvalue weighted by Gasteiger charge is -2.16. The number of ether oxygens (including phenoxy) is 1. The van der Waals surface area contributed by atoms with E-state index in [1.54, 1.807) is 19.2 Å². The Morgan fingerprint density at radius 2 is 1.89 bits per heavy atom. The Morgan fingerprint density at radius 1 is 1.28 bits per heavy atom. The van der Waals surface area contributed by atoms with Crippen molar-refractivity contribution in [2.75, 3.05) is 26.7 Å². The van der Waals surface area contributed by atoms with Gasteiger partial charge in [-0.3, -0.25) is 4.90 Å². The van der Waals surface area contributed by atoms with E-state index in [-0.39, 0.29) is 6.54 Å². The van der Waals surface area contributed by atoms with Crippen molar-refractivity contribution in [1.29, 1.82) is 0 Å². The van der Waals surface area contributed by atoms with Gasteiger partial charge in [0.2, 0.25) is 0 Å². The average molecular weight is 259 g/mol. The zero-order valence-corrected chi connectivity index (χ0v) is 10.1. The minimum atomic E-state index is -2.35. The lowest BCUT2D eigenvalue weighted by atomic mass is 9.80. The molecule has 0 saturated heterocycles. The highest BCUT2D eigenvalue weighted by Crippen LogP contribution is 2.07. The highest BCUT2D eigenvalue weighted by atomic mass is 19.3. The smallest absolute Gasteiger partial charge is 0.488 e. The second-order valence-electron chi connectivity index (χ2n) is 3.94. The normalized spacial score (nSPS) is 11.1. The fourth-order valence-corrected chi connectivity index (χ4v) is 1.38. The number of hydrogen-bond donors (Lipinski definition) is 2. The second-order valence-corrected chi connectivity index (χ2v) is 3.94. The molecule has 0 aliphatic carbocycles. The molecule has 0 heterocycles. The van der Waals surface area contributed by atoms with Gasteiger partial charge in [0, 0.05) is 6.54 Å². The maximum absolute atomic E-state index is 12.0. The van der Waals surface area contributed by atoms with Gasteiger partial charge in [0.25, 0.3) is 6.43 Å². The molecule has 1 aromatic carbocycles. The number of rotatable bonds is 7. The van der Waals surface area contributed by atoms with Gasteiger partial charge in [-0.25, -0.2) is 8.78 Å². The molecule has 4 nitrogen and oxygen atoms in total. The van der Waals surface area contributed by atoms with E-state index in [9.17, 15) is 8.78 Å². The van der Waals surface area contributed by atoms with Crippen LogP contribution in [0.1, 0.15) is 0 Å². The summed E-state index contributed by atoms with van der Waals surface area (Å²) in [6.45, 7) is 0.415. The molecule has 0 aliphatic rings. The Balaban J connectivity index is 2.31. The van der Waals surface area contributed by atoms with Crippen LogP contribution in [-0.4, -0.2) is 55.2 Å². The van der Waals surface area contributed by atoms with Gasteiger partial charge in [0.15, 0.2) is 0 Å². The fourth-order valence-electron chi connectivity index (χ4n) is 1.38. The summed E-state index contributed by atoms with van der Waals surface area (Å²) in [6.07, 6.45) is -2.35. The van der Waals surface area contributed by atoms with Crippen LogP contribution in [-0.2, 0) is 0 Å². The number of hydrogen-bond acceptors (Lipinski definition) is 4. The molecule has 0 spiro atoms. The Labute approximate surface area is 105 Å². The molecule has 0 amide bonds. The van der Waals surface area contributed by atoms with Crippen LogP contribution in [0, 0.1) is 0 Å². The molecule has 0 aliphatic heterocycles. The molecular weight excluding hydrogens is 243 g/mol. The first-order valence-electron chi connectivity index (χ1n) is 5.54. The third-order valence-electron chi connectivity index (χ3n) is 2.37. The Bertz CT molecular complexity index is 349. The van der Waals surface area contributed by atoms with Crippen LogP contribution in [0.5, 0.6) is 5.75 Å². The van der Waals surface area contributed by atoms with Crippen molar-refractivity contribution < 1.29 is 23.6 Å². The van der Waals surface area contributed by atoms with Crippen molar-refractivity contribution in [2.24, 2.45) is 0 Å². The van der Waals surface area contributed by atoms with Gasteiger partial charge < -0.3 is 14.8 Å². The quantitative estimate of drug-likeness (QED) is 0.674. The number of benzene rings is 1. The van der Waals surface area contributed by atoms with E-state index in [1.165, 1.54) is 17.0 Å². The van der Waals surface area contributed by atoms with E-state index < -0.39 is 13.5 Å². The highest BCUT2D eigenvalue weighted by molar-refractivity contribution is 6.58. The molecule has 2 N–H and O–H groups in total. The van der Waals surface area contributed by atoms with E-state index >= 15 is 0 Å². The lowest BCUT2D eigenvalue weighted by Crippen LogP contribution is -2.30. The van der Waals surface area contributed by atoms with E-state index in [4.69, 9.17) is 14.8 Å². The molecule has 7 heteroatoms. The van der Waals surface area contributed by atoms with E-state index in [0.717, 1.165) is 0 Å².